The summed E-state index contributed by atoms with van der Waals surface area (Å²) in [7, 11) is 3.22. The van der Waals surface area contributed by atoms with Gasteiger partial charge in [-0.2, -0.15) is 0 Å². The van der Waals surface area contributed by atoms with Gasteiger partial charge in [-0.1, -0.05) is 17.6 Å². The number of hydrogen-bond donors (Lipinski definition) is 2. The van der Waals surface area contributed by atoms with E-state index in [1.54, 1.807) is 34.4 Å². The van der Waals surface area contributed by atoms with Crippen LogP contribution in [0.2, 0.25) is 0 Å². The van der Waals surface area contributed by atoms with E-state index in [4.69, 9.17) is 4.65 Å². The third kappa shape index (κ3) is 3.84. The van der Waals surface area contributed by atoms with Crippen molar-refractivity contribution in [1.82, 2.24) is 5.32 Å². The number of aryl methyl sites for hydroxylation is 1. The second-order valence-corrected chi connectivity index (χ2v) is 5.96. The standard InChI is InChI=1S/C15H23BNO3/c1-10-9-11(7-8-12(10)13(18)17-6)16-20-15(4,5)14(2,3)19/h7-9,19H,1-6H3,(H,17,18). The number of amides is 1. The van der Waals surface area contributed by atoms with Crippen molar-refractivity contribution < 1.29 is 14.6 Å². The van der Waals surface area contributed by atoms with Crippen LogP contribution in [0.5, 0.6) is 0 Å². The second kappa shape index (κ2) is 5.98. The van der Waals surface area contributed by atoms with E-state index in [9.17, 15) is 9.90 Å². The smallest absolute Gasteiger partial charge is 0.330 e. The fourth-order valence-corrected chi connectivity index (χ4v) is 1.51. The van der Waals surface area contributed by atoms with Gasteiger partial charge in [-0.05, 0) is 46.2 Å². The van der Waals surface area contributed by atoms with Gasteiger partial charge in [0.25, 0.3) is 5.91 Å². The summed E-state index contributed by atoms with van der Waals surface area (Å²) in [5, 5.41) is 12.6. The zero-order chi connectivity index (χ0) is 15.6. The highest BCUT2D eigenvalue weighted by Gasteiger charge is 2.35. The molecule has 0 bridgehead atoms. The van der Waals surface area contributed by atoms with Gasteiger partial charge in [0, 0.05) is 12.6 Å². The molecule has 5 heteroatoms. The number of aliphatic hydroxyl groups is 1. The fourth-order valence-electron chi connectivity index (χ4n) is 1.51. The zero-order valence-electron chi connectivity index (χ0n) is 13.1. The molecule has 0 unspecified atom stereocenters. The van der Waals surface area contributed by atoms with Crippen molar-refractivity contribution >= 4 is 18.9 Å². The molecular weight excluding hydrogens is 253 g/mol. The van der Waals surface area contributed by atoms with Gasteiger partial charge in [-0.25, -0.2) is 0 Å². The first-order valence-electron chi connectivity index (χ1n) is 6.64. The highest BCUT2D eigenvalue weighted by Crippen LogP contribution is 2.24. The Morgan fingerprint density at radius 1 is 1.30 bits per heavy atom. The summed E-state index contributed by atoms with van der Waals surface area (Å²) >= 11 is 0. The van der Waals surface area contributed by atoms with Crippen molar-refractivity contribution in [2.75, 3.05) is 7.05 Å². The molecule has 1 rings (SSSR count). The van der Waals surface area contributed by atoms with E-state index in [2.05, 4.69) is 5.32 Å². The van der Waals surface area contributed by atoms with E-state index in [-0.39, 0.29) is 5.91 Å². The minimum absolute atomic E-state index is 0.105. The van der Waals surface area contributed by atoms with Crippen LogP contribution in [0.1, 0.15) is 43.6 Å². The Kier molecular flexibility index (Phi) is 5.00. The molecule has 1 aromatic rings. The summed E-state index contributed by atoms with van der Waals surface area (Å²) in [6.45, 7) is 8.95. The Bertz CT molecular complexity index is 492. The lowest BCUT2D eigenvalue weighted by Crippen LogP contribution is -2.49. The maximum Gasteiger partial charge on any atom is 0.330 e. The fraction of sp³-hybridized carbons (Fsp3) is 0.533. The zero-order valence-corrected chi connectivity index (χ0v) is 13.1. The predicted octanol–water partition coefficient (Wildman–Crippen LogP) is 1.17. The van der Waals surface area contributed by atoms with Crippen molar-refractivity contribution in [2.24, 2.45) is 0 Å². The third-order valence-corrected chi connectivity index (χ3v) is 3.69. The van der Waals surface area contributed by atoms with Gasteiger partial charge in [0.05, 0.1) is 11.2 Å². The Balaban J connectivity index is 2.81. The monoisotopic (exact) mass is 276 g/mol. The van der Waals surface area contributed by atoms with Gasteiger partial charge in [0.15, 0.2) is 0 Å². The van der Waals surface area contributed by atoms with Crippen LogP contribution in [-0.2, 0) is 4.65 Å². The van der Waals surface area contributed by atoms with Crippen LogP contribution < -0.4 is 10.8 Å². The van der Waals surface area contributed by atoms with Crippen molar-refractivity contribution in [2.45, 2.75) is 45.8 Å². The minimum atomic E-state index is -0.958. The average Bonchev–Trinajstić information content (AvgIpc) is 2.34. The first kappa shape index (κ1) is 16.7. The lowest BCUT2D eigenvalue weighted by Gasteiger charge is -2.37. The SMILES string of the molecule is CNC(=O)c1ccc([B]OC(C)(C)C(C)(C)O)cc1C. The van der Waals surface area contributed by atoms with Crippen molar-refractivity contribution in [3.05, 3.63) is 29.3 Å². The van der Waals surface area contributed by atoms with Crippen LogP contribution in [0, 0.1) is 6.92 Å². The van der Waals surface area contributed by atoms with Crippen LogP contribution >= 0.6 is 0 Å². The van der Waals surface area contributed by atoms with Gasteiger partial charge in [0.1, 0.15) is 0 Å². The first-order valence-corrected chi connectivity index (χ1v) is 6.64. The Morgan fingerprint density at radius 2 is 1.90 bits per heavy atom. The summed E-state index contributed by atoms with van der Waals surface area (Å²) in [4.78, 5) is 11.6. The molecule has 4 nitrogen and oxygen atoms in total. The summed E-state index contributed by atoms with van der Waals surface area (Å²) in [6, 6.07) is 5.46. The van der Waals surface area contributed by atoms with Crippen LogP contribution in [0.25, 0.3) is 0 Å². The highest BCUT2D eigenvalue weighted by atomic mass is 16.5. The molecule has 0 heterocycles. The largest absolute Gasteiger partial charge is 0.427 e. The molecule has 0 fully saturated rings. The summed E-state index contributed by atoms with van der Waals surface area (Å²) in [5.41, 5.74) is 0.711. The maximum atomic E-state index is 11.6. The van der Waals surface area contributed by atoms with E-state index >= 15 is 0 Å². The van der Waals surface area contributed by atoms with Crippen molar-refractivity contribution in [3.63, 3.8) is 0 Å². The molecular formula is C15H23BNO3. The molecule has 0 saturated carbocycles. The van der Waals surface area contributed by atoms with E-state index in [0.29, 0.717) is 5.56 Å². The van der Waals surface area contributed by atoms with E-state index in [1.807, 2.05) is 32.9 Å². The molecule has 20 heavy (non-hydrogen) atoms. The van der Waals surface area contributed by atoms with Gasteiger partial charge in [-0.3, -0.25) is 4.79 Å². The molecule has 0 aromatic heterocycles. The van der Waals surface area contributed by atoms with Gasteiger partial charge >= 0.3 is 7.48 Å². The lowest BCUT2D eigenvalue weighted by atomic mass is 9.81. The molecule has 0 aliphatic carbocycles. The molecule has 1 radical (unpaired) electrons. The van der Waals surface area contributed by atoms with Gasteiger partial charge < -0.3 is 15.1 Å². The molecule has 0 saturated heterocycles. The van der Waals surface area contributed by atoms with Crippen molar-refractivity contribution in [3.8, 4) is 0 Å². The van der Waals surface area contributed by atoms with Crippen LogP contribution in [0.15, 0.2) is 18.2 Å². The molecule has 0 aliphatic rings. The summed E-state index contributed by atoms with van der Waals surface area (Å²) in [6.07, 6.45) is 0. The quantitative estimate of drug-likeness (QED) is 0.794. The number of carbonyl (C=O) groups excluding carboxylic acids is 1. The molecule has 1 aromatic carbocycles. The molecule has 2 N–H and O–H groups in total. The maximum absolute atomic E-state index is 11.6. The number of nitrogens with one attached hydrogen (secondary N) is 1. The first-order chi connectivity index (χ1) is 9.08. The summed E-state index contributed by atoms with van der Waals surface area (Å²) < 4.78 is 5.69. The van der Waals surface area contributed by atoms with E-state index in [0.717, 1.165) is 11.0 Å². The van der Waals surface area contributed by atoms with Gasteiger partial charge in [0.2, 0.25) is 0 Å². The number of benzene rings is 1. The number of rotatable bonds is 5. The van der Waals surface area contributed by atoms with Crippen LogP contribution in [-0.4, -0.2) is 36.7 Å². The van der Waals surface area contributed by atoms with E-state index in [1.165, 1.54) is 0 Å². The molecule has 0 atom stereocenters. The molecule has 0 aliphatic heterocycles. The third-order valence-electron chi connectivity index (χ3n) is 3.69. The summed E-state index contributed by atoms with van der Waals surface area (Å²) in [5.74, 6) is -0.105. The molecule has 0 spiro atoms. The van der Waals surface area contributed by atoms with Crippen LogP contribution in [0.3, 0.4) is 0 Å². The Labute approximate surface area is 121 Å². The van der Waals surface area contributed by atoms with Crippen molar-refractivity contribution in [1.29, 1.82) is 0 Å². The number of carbonyl (C=O) groups is 1. The number of hydrogen-bond acceptors (Lipinski definition) is 3. The predicted molar refractivity (Wildman–Crippen MR) is 81.4 cm³/mol. The van der Waals surface area contributed by atoms with Crippen LogP contribution in [0.4, 0.5) is 0 Å². The van der Waals surface area contributed by atoms with Gasteiger partial charge in [-0.15, -0.1) is 0 Å². The Morgan fingerprint density at radius 3 is 2.35 bits per heavy atom. The topological polar surface area (TPSA) is 58.6 Å². The Hall–Kier alpha value is -1.33. The highest BCUT2D eigenvalue weighted by molar-refractivity contribution is 6.47. The second-order valence-electron chi connectivity index (χ2n) is 5.96. The normalized spacial score (nSPS) is 12.2. The minimum Gasteiger partial charge on any atom is -0.427 e. The molecule has 1 amide bonds. The van der Waals surface area contributed by atoms with E-state index < -0.39 is 11.2 Å². The molecule has 109 valence electrons. The average molecular weight is 276 g/mol. The lowest BCUT2D eigenvalue weighted by molar-refractivity contribution is -0.0893.